The maximum atomic E-state index is 10.9. The van der Waals surface area contributed by atoms with Crippen LogP contribution in [0, 0.1) is 0 Å². The molecule has 3 nitrogen and oxygen atoms in total. The van der Waals surface area contributed by atoms with Crippen LogP contribution >= 0.6 is 11.8 Å². The second kappa shape index (κ2) is 5.07. The van der Waals surface area contributed by atoms with Crippen molar-refractivity contribution >= 4 is 23.5 Å². The Morgan fingerprint density at radius 2 is 1.87 bits per heavy atom. The van der Waals surface area contributed by atoms with Crippen molar-refractivity contribution in [2.75, 3.05) is 11.9 Å². The third kappa shape index (κ3) is 3.47. The molecule has 0 heterocycles. The van der Waals surface area contributed by atoms with Crippen molar-refractivity contribution in [1.29, 1.82) is 0 Å². The normalized spacial score (nSPS) is 10.4. The molecule has 0 fully saturated rings. The number of carbonyl (C=O) groups excluding carboxylic acids is 1. The van der Waals surface area contributed by atoms with Gasteiger partial charge in [-0.25, -0.2) is 4.79 Å². The molecule has 0 aliphatic heterocycles. The fourth-order valence-corrected chi connectivity index (χ4v) is 1.99. The molecule has 0 saturated heterocycles. The Balaban J connectivity index is 2.76. The van der Waals surface area contributed by atoms with E-state index >= 15 is 0 Å². The number of thioether (sulfide) groups is 1. The Morgan fingerprint density at radius 1 is 1.33 bits per heavy atom. The topological polar surface area (TPSA) is 46.3 Å². The number of rotatable bonds is 3. The highest BCUT2D eigenvalue weighted by Gasteiger charge is 2.06. The van der Waals surface area contributed by atoms with Gasteiger partial charge in [0.05, 0.1) is 0 Å². The lowest BCUT2D eigenvalue weighted by Gasteiger charge is -2.14. The van der Waals surface area contributed by atoms with E-state index in [1.165, 1.54) is 9.80 Å². The van der Waals surface area contributed by atoms with Gasteiger partial charge in [0.1, 0.15) is 0 Å². The van der Waals surface area contributed by atoms with E-state index in [0.29, 0.717) is 5.25 Å². The van der Waals surface area contributed by atoms with Crippen LogP contribution in [-0.4, -0.2) is 18.3 Å². The summed E-state index contributed by atoms with van der Waals surface area (Å²) in [6, 6.07) is 7.35. The molecule has 0 radical (unpaired) electrons. The molecule has 1 aromatic carbocycles. The van der Waals surface area contributed by atoms with Gasteiger partial charge < -0.3 is 5.73 Å². The lowest BCUT2D eigenvalue weighted by Crippen LogP contribution is -2.31. The SMILES string of the molecule is CC(C)Sc1ccc(N(C)C(N)=O)cc1. The Labute approximate surface area is 94.6 Å². The number of amides is 2. The summed E-state index contributed by atoms with van der Waals surface area (Å²) in [7, 11) is 1.66. The predicted molar refractivity (Wildman–Crippen MR) is 65.4 cm³/mol. The minimum absolute atomic E-state index is 0.445. The van der Waals surface area contributed by atoms with Gasteiger partial charge in [-0.2, -0.15) is 0 Å². The monoisotopic (exact) mass is 224 g/mol. The lowest BCUT2D eigenvalue weighted by atomic mass is 10.3. The fraction of sp³-hybridized carbons (Fsp3) is 0.364. The molecule has 0 atom stereocenters. The standard InChI is InChI=1S/C11H16N2OS/c1-8(2)15-10-6-4-9(5-7-10)13(3)11(12)14/h4-8H,1-3H3,(H2,12,14). The summed E-state index contributed by atoms with van der Waals surface area (Å²) < 4.78 is 0. The van der Waals surface area contributed by atoms with Crippen molar-refractivity contribution in [3.63, 3.8) is 0 Å². The second-order valence-corrected chi connectivity index (χ2v) is 5.21. The maximum absolute atomic E-state index is 10.9. The molecule has 82 valence electrons. The number of urea groups is 1. The lowest BCUT2D eigenvalue weighted by molar-refractivity contribution is 0.255. The van der Waals surface area contributed by atoms with E-state index in [9.17, 15) is 4.79 Å². The molecule has 0 spiro atoms. The average molecular weight is 224 g/mol. The Kier molecular flexibility index (Phi) is 4.03. The second-order valence-electron chi connectivity index (χ2n) is 3.56. The molecular formula is C11H16N2OS. The summed E-state index contributed by atoms with van der Waals surface area (Å²) in [6.45, 7) is 4.29. The van der Waals surface area contributed by atoms with E-state index in [1.807, 2.05) is 24.3 Å². The number of carbonyl (C=O) groups is 1. The molecule has 0 aromatic heterocycles. The number of hydrogen-bond acceptors (Lipinski definition) is 2. The van der Waals surface area contributed by atoms with Gasteiger partial charge in [0.2, 0.25) is 0 Å². The predicted octanol–water partition coefficient (Wildman–Crippen LogP) is 2.70. The molecular weight excluding hydrogens is 208 g/mol. The minimum Gasteiger partial charge on any atom is -0.351 e. The summed E-state index contributed by atoms with van der Waals surface area (Å²) >= 11 is 1.79. The van der Waals surface area contributed by atoms with Crippen LogP contribution in [-0.2, 0) is 0 Å². The van der Waals surface area contributed by atoms with Crippen LogP contribution in [0.3, 0.4) is 0 Å². The number of benzene rings is 1. The summed E-state index contributed by atoms with van der Waals surface area (Å²) in [4.78, 5) is 13.5. The molecule has 1 aromatic rings. The number of hydrogen-bond donors (Lipinski definition) is 1. The Morgan fingerprint density at radius 3 is 2.27 bits per heavy atom. The van der Waals surface area contributed by atoms with Crippen molar-refractivity contribution in [1.82, 2.24) is 0 Å². The summed E-state index contributed by atoms with van der Waals surface area (Å²) in [5.41, 5.74) is 5.98. The van der Waals surface area contributed by atoms with Crippen LogP contribution in [0.1, 0.15) is 13.8 Å². The van der Waals surface area contributed by atoms with Crippen molar-refractivity contribution in [3.05, 3.63) is 24.3 Å². The zero-order valence-electron chi connectivity index (χ0n) is 9.23. The zero-order chi connectivity index (χ0) is 11.4. The van der Waals surface area contributed by atoms with Crippen molar-refractivity contribution in [3.8, 4) is 0 Å². The number of nitrogens with zero attached hydrogens (tertiary/aromatic N) is 1. The van der Waals surface area contributed by atoms with Crippen LogP contribution in [0.4, 0.5) is 10.5 Å². The average Bonchev–Trinajstić information content (AvgIpc) is 2.17. The van der Waals surface area contributed by atoms with E-state index in [4.69, 9.17) is 5.73 Å². The first-order valence-corrected chi connectivity index (χ1v) is 5.68. The first kappa shape index (κ1) is 11.9. The van der Waals surface area contributed by atoms with Crippen molar-refractivity contribution in [2.45, 2.75) is 24.0 Å². The van der Waals surface area contributed by atoms with Gasteiger partial charge in [-0.15, -0.1) is 11.8 Å². The summed E-state index contributed by atoms with van der Waals surface area (Å²) in [5.74, 6) is 0. The van der Waals surface area contributed by atoms with Gasteiger partial charge >= 0.3 is 6.03 Å². The Hall–Kier alpha value is -1.16. The van der Waals surface area contributed by atoms with Crippen LogP contribution in [0.2, 0.25) is 0 Å². The van der Waals surface area contributed by atoms with Gasteiger partial charge in [-0.05, 0) is 24.3 Å². The van der Waals surface area contributed by atoms with Crippen LogP contribution in [0.15, 0.2) is 29.2 Å². The number of anilines is 1. The molecule has 1 rings (SSSR count). The highest BCUT2D eigenvalue weighted by molar-refractivity contribution is 7.99. The van der Waals surface area contributed by atoms with Crippen molar-refractivity contribution in [2.24, 2.45) is 5.73 Å². The quantitative estimate of drug-likeness (QED) is 0.802. The highest BCUT2D eigenvalue weighted by Crippen LogP contribution is 2.24. The molecule has 0 aliphatic rings. The van der Waals surface area contributed by atoms with Gasteiger partial charge in [0.15, 0.2) is 0 Å². The summed E-state index contributed by atoms with van der Waals surface area (Å²) in [6.07, 6.45) is 0. The molecule has 0 bridgehead atoms. The molecule has 4 heteroatoms. The molecule has 2 amide bonds. The highest BCUT2D eigenvalue weighted by atomic mass is 32.2. The van der Waals surface area contributed by atoms with E-state index < -0.39 is 6.03 Å². The maximum Gasteiger partial charge on any atom is 0.318 e. The smallest absolute Gasteiger partial charge is 0.318 e. The zero-order valence-corrected chi connectivity index (χ0v) is 10.0. The van der Waals surface area contributed by atoms with Gasteiger partial charge in [-0.3, -0.25) is 4.90 Å². The van der Waals surface area contributed by atoms with Gasteiger partial charge in [-0.1, -0.05) is 13.8 Å². The molecule has 0 unspecified atom stereocenters. The van der Waals surface area contributed by atoms with Gasteiger partial charge in [0, 0.05) is 22.9 Å². The molecule has 0 aliphatic carbocycles. The Bertz CT molecular complexity index is 335. The first-order chi connectivity index (χ1) is 7.00. The summed E-state index contributed by atoms with van der Waals surface area (Å²) in [5, 5.41) is 0.560. The third-order valence-electron chi connectivity index (χ3n) is 1.93. The van der Waals surface area contributed by atoms with E-state index in [-0.39, 0.29) is 0 Å². The largest absolute Gasteiger partial charge is 0.351 e. The van der Waals surface area contributed by atoms with Crippen molar-refractivity contribution < 1.29 is 4.79 Å². The van der Waals surface area contributed by atoms with Crippen LogP contribution < -0.4 is 10.6 Å². The van der Waals surface area contributed by atoms with E-state index in [2.05, 4.69) is 13.8 Å². The number of nitrogens with two attached hydrogens (primary N) is 1. The van der Waals surface area contributed by atoms with E-state index in [1.54, 1.807) is 18.8 Å². The molecule has 2 N–H and O–H groups in total. The van der Waals surface area contributed by atoms with Crippen LogP contribution in [0.25, 0.3) is 0 Å². The van der Waals surface area contributed by atoms with Gasteiger partial charge in [0.25, 0.3) is 0 Å². The molecule has 0 saturated carbocycles. The fourth-order valence-electron chi connectivity index (χ4n) is 1.15. The van der Waals surface area contributed by atoms with E-state index in [0.717, 1.165) is 5.69 Å². The first-order valence-electron chi connectivity index (χ1n) is 4.80. The van der Waals surface area contributed by atoms with Crippen LogP contribution in [0.5, 0.6) is 0 Å². The number of primary amides is 1. The molecule has 15 heavy (non-hydrogen) atoms. The minimum atomic E-state index is -0.445. The third-order valence-corrected chi connectivity index (χ3v) is 2.94.